The summed E-state index contributed by atoms with van der Waals surface area (Å²) >= 11 is 0. The molecular weight excluding hydrogens is 484 g/mol. The minimum absolute atomic E-state index is 0.0196. The number of likely N-dealkylation sites (tertiary alicyclic amines) is 1. The number of hydrogen-bond acceptors (Lipinski definition) is 5. The van der Waals surface area contributed by atoms with Crippen LogP contribution in [0.2, 0.25) is 0 Å². The lowest BCUT2D eigenvalue weighted by Gasteiger charge is -2.30. The molecule has 4 N–H and O–H groups in total. The monoisotopic (exact) mass is 517 g/mol. The van der Waals surface area contributed by atoms with E-state index in [1.807, 2.05) is 13.8 Å². The molecule has 3 atom stereocenters. The molecule has 0 bridgehead atoms. The smallest absolute Gasteiger partial charge is 0.267 e. The van der Waals surface area contributed by atoms with Crippen LogP contribution in [0.1, 0.15) is 41.8 Å². The van der Waals surface area contributed by atoms with Crippen molar-refractivity contribution in [2.24, 2.45) is 5.92 Å². The number of halogens is 2. The molecule has 0 radical (unpaired) electrons. The van der Waals surface area contributed by atoms with Gasteiger partial charge in [0.1, 0.15) is 11.8 Å². The number of benzene rings is 2. The Morgan fingerprint density at radius 2 is 1.78 bits per heavy atom. The maximum absolute atomic E-state index is 14.3. The largest absolute Gasteiger partial charge is 0.508 e. The summed E-state index contributed by atoms with van der Waals surface area (Å²) in [5.41, 5.74) is 1.13. The summed E-state index contributed by atoms with van der Waals surface area (Å²) < 4.78 is 28.7. The van der Waals surface area contributed by atoms with Crippen LogP contribution in [-0.2, 0) is 16.0 Å². The van der Waals surface area contributed by atoms with Crippen molar-refractivity contribution < 1.29 is 33.4 Å². The number of aromatic hydroxyl groups is 1. The topological polar surface area (TPSA) is 119 Å². The molecule has 1 saturated heterocycles. The number of carbonyl (C=O) groups excluding carboxylic acids is 3. The van der Waals surface area contributed by atoms with Crippen LogP contribution in [0.3, 0.4) is 0 Å². The number of rotatable bonds is 9. The first kappa shape index (κ1) is 28.0. The summed E-state index contributed by atoms with van der Waals surface area (Å²) in [5.74, 6) is -5.77. The number of aliphatic hydroxyl groups is 1. The molecular formula is C27H33F2N3O5. The third kappa shape index (κ3) is 7.03. The van der Waals surface area contributed by atoms with Crippen LogP contribution < -0.4 is 10.6 Å². The number of carbonyl (C=O) groups is 3. The van der Waals surface area contributed by atoms with E-state index in [1.54, 1.807) is 37.3 Å². The van der Waals surface area contributed by atoms with Gasteiger partial charge in [-0.2, -0.15) is 0 Å². The Labute approximate surface area is 214 Å². The molecule has 3 rings (SSSR count). The Kier molecular flexibility index (Phi) is 8.85. The van der Waals surface area contributed by atoms with E-state index in [4.69, 9.17) is 0 Å². The minimum Gasteiger partial charge on any atom is -0.508 e. The van der Waals surface area contributed by atoms with Crippen LogP contribution in [0.15, 0.2) is 48.5 Å². The van der Waals surface area contributed by atoms with E-state index >= 15 is 0 Å². The van der Waals surface area contributed by atoms with Crippen LogP contribution in [-0.4, -0.2) is 70.0 Å². The zero-order valence-electron chi connectivity index (χ0n) is 21.1. The normalized spacial score (nSPS) is 18.4. The highest BCUT2D eigenvalue weighted by molar-refractivity contribution is 5.97. The Balaban J connectivity index is 1.86. The van der Waals surface area contributed by atoms with Crippen molar-refractivity contribution in [3.05, 3.63) is 65.2 Å². The third-order valence-electron chi connectivity index (χ3n) is 6.34. The molecule has 200 valence electrons. The molecule has 10 heteroatoms. The SMILES string of the molecule is Cc1c(O)cccc1C(=O)N[C@@H](Cc1ccccc1)[C@H](O)C(=O)N1CC(F)(F)C[C@H]1C(=O)NCC(C)C. The molecule has 1 heterocycles. The van der Waals surface area contributed by atoms with E-state index in [0.717, 1.165) is 0 Å². The van der Waals surface area contributed by atoms with E-state index in [-0.39, 0.29) is 30.2 Å². The van der Waals surface area contributed by atoms with Crippen LogP contribution in [0.5, 0.6) is 5.75 Å². The van der Waals surface area contributed by atoms with Gasteiger partial charge in [-0.05, 0) is 37.0 Å². The number of nitrogens with zero attached hydrogens (tertiary/aromatic N) is 1. The fourth-order valence-electron chi connectivity index (χ4n) is 4.27. The standard InChI is InChI=1S/C27H33F2N3O5/c1-16(2)14-30-25(36)21-13-27(28,29)15-32(21)26(37)23(34)20(12-18-8-5-4-6-9-18)31-24(35)19-10-7-11-22(33)17(19)3/h4-11,16,20-21,23,33-34H,12-15H2,1-3H3,(H,30,36)(H,31,35)/t20-,21-,23-/m0/s1. The molecule has 8 nitrogen and oxygen atoms in total. The summed E-state index contributed by atoms with van der Waals surface area (Å²) in [6.45, 7) is 4.48. The predicted octanol–water partition coefficient (Wildman–Crippen LogP) is 2.41. The van der Waals surface area contributed by atoms with Crippen molar-refractivity contribution in [3.63, 3.8) is 0 Å². The maximum atomic E-state index is 14.3. The molecule has 1 aliphatic heterocycles. The highest BCUT2D eigenvalue weighted by atomic mass is 19.3. The summed E-state index contributed by atoms with van der Waals surface area (Å²) in [6.07, 6.45) is -2.74. The molecule has 2 aromatic carbocycles. The molecule has 1 aliphatic rings. The van der Waals surface area contributed by atoms with E-state index < -0.39 is 54.8 Å². The Bertz CT molecular complexity index is 1130. The van der Waals surface area contributed by atoms with Gasteiger partial charge in [0.25, 0.3) is 17.7 Å². The van der Waals surface area contributed by atoms with Gasteiger partial charge in [-0.1, -0.05) is 50.2 Å². The molecule has 2 aromatic rings. The average Bonchev–Trinajstić information content (AvgIpc) is 3.18. The first-order valence-corrected chi connectivity index (χ1v) is 12.2. The zero-order valence-corrected chi connectivity index (χ0v) is 21.1. The highest BCUT2D eigenvalue weighted by Gasteiger charge is 2.51. The first-order chi connectivity index (χ1) is 17.4. The molecule has 37 heavy (non-hydrogen) atoms. The van der Waals surface area contributed by atoms with Crippen LogP contribution in [0, 0.1) is 12.8 Å². The molecule has 0 aromatic heterocycles. The molecule has 1 fully saturated rings. The second kappa shape index (κ2) is 11.7. The van der Waals surface area contributed by atoms with Crippen molar-refractivity contribution in [1.82, 2.24) is 15.5 Å². The lowest BCUT2D eigenvalue weighted by atomic mass is 9.98. The number of phenols is 1. The van der Waals surface area contributed by atoms with Crippen molar-refractivity contribution >= 4 is 17.7 Å². The Hall–Kier alpha value is -3.53. The van der Waals surface area contributed by atoms with Gasteiger partial charge in [-0.15, -0.1) is 0 Å². The van der Waals surface area contributed by atoms with Crippen molar-refractivity contribution in [2.45, 2.75) is 57.7 Å². The maximum Gasteiger partial charge on any atom is 0.267 e. The fourth-order valence-corrected chi connectivity index (χ4v) is 4.27. The van der Waals surface area contributed by atoms with Gasteiger partial charge in [0.05, 0.1) is 12.6 Å². The van der Waals surface area contributed by atoms with Gasteiger partial charge >= 0.3 is 0 Å². The second-order valence-corrected chi connectivity index (χ2v) is 9.85. The van der Waals surface area contributed by atoms with E-state index in [9.17, 15) is 33.4 Å². The molecule has 0 unspecified atom stereocenters. The van der Waals surface area contributed by atoms with Crippen molar-refractivity contribution in [1.29, 1.82) is 0 Å². The van der Waals surface area contributed by atoms with Gasteiger partial charge in [0.15, 0.2) is 6.10 Å². The van der Waals surface area contributed by atoms with Crippen molar-refractivity contribution in [3.8, 4) is 5.75 Å². The third-order valence-corrected chi connectivity index (χ3v) is 6.34. The van der Waals surface area contributed by atoms with Crippen LogP contribution >= 0.6 is 0 Å². The van der Waals surface area contributed by atoms with Gasteiger partial charge in [-0.25, -0.2) is 8.78 Å². The Morgan fingerprint density at radius 1 is 1.11 bits per heavy atom. The molecule has 3 amide bonds. The van der Waals surface area contributed by atoms with Gasteiger partial charge in [-0.3, -0.25) is 14.4 Å². The van der Waals surface area contributed by atoms with Gasteiger partial charge < -0.3 is 25.7 Å². The fraction of sp³-hybridized carbons (Fsp3) is 0.444. The van der Waals surface area contributed by atoms with Gasteiger partial charge in [0, 0.05) is 24.1 Å². The zero-order chi connectivity index (χ0) is 27.3. The van der Waals surface area contributed by atoms with Gasteiger partial charge in [0.2, 0.25) is 5.91 Å². The van der Waals surface area contributed by atoms with E-state index in [2.05, 4.69) is 10.6 Å². The molecule has 0 aliphatic carbocycles. The highest BCUT2D eigenvalue weighted by Crippen LogP contribution is 2.33. The van der Waals surface area contributed by atoms with Crippen molar-refractivity contribution in [2.75, 3.05) is 13.1 Å². The number of alkyl halides is 2. The molecule has 0 spiro atoms. The quantitative estimate of drug-likeness (QED) is 0.407. The minimum atomic E-state index is -3.30. The number of amides is 3. The summed E-state index contributed by atoms with van der Waals surface area (Å²) in [4.78, 5) is 39.7. The lowest BCUT2D eigenvalue weighted by molar-refractivity contribution is -0.147. The summed E-state index contributed by atoms with van der Waals surface area (Å²) in [7, 11) is 0. The first-order valence-electron chi connectivity index (χ1n) is 12.2. The van der Waals surface area contributed by atoms with E-state index in [0.29, 0.717) is 16.0 Å². The van der Waals surface area contributed by atoms with E-state index in [1.165, 1.54) is 18.2 Å². The van der Waals surface area contributed by atoms with Crippen LogP contribution in [0.4, 0.5) is 8.78 Å². The second-order valence-electron chi connectivity index (χ2n) is 9.85. The number of nitrogens with one attached hydrogen (secondary N) is 2. The summed E-state index contributed by atoms with van der Waals surface area (Å²) in [6, 6.07) is 10.5. The predicted molar refractivity (Wildman–Crippen MR) is 133 cm³/mol. The average molecular weight is 518 g/mol. The summed E-state index contributed by atoms with van der Waals surface area (Å²) in [5, 5.41) is 26.2. The van der Waals surface area contributed by atoms with Crippen LogP contribution in [0.25, 0.3) is 0 Å². The number of phenolic OH excluding ortho intramolecular Hbond substituents is 1. The molecule has 0 saturated carbocycles. The lowest BCUT2D eigenvalue weighted by Crippen LogP contribution is -2.56. The number of aliphatic hydroxyl groups excluding tert-OH is 1. The number of hydrogen-bond donors (Lipinski definition) is 4. The Morgan fingerprint density at radius 3 is 2.43 bits per heavy atom.